The Kier molecular flexibility index (Phi) is 6.25. The first kappa shape index (κ1) is 19.8. The van der Waals surface area contributed by atoms with Gasteiger partial charge in [-0.15, -0.1) is 6.58 Å². The van der Waals surface area contributed by atoms with Gasteiger partial charge < -0.3 is 4.74 Å². The van der Waals surface area contributed by atoms with E-state index in [0.29, 0.717) is 12.2 Å². The highest BCUT2D eigenvalue weighted by Gasteiger charge is 2.30. The molecule has 2 aromatic rings. The number of halogens is 3. The van der Waals surface area contributed by atoms with Gasteiger partial charge in [-0.2, -0.15) is 13.2 Å². The molecule has 0 saturated carbocycles. The Morgan fingerprint density at radius 1 is 1.35 bits per heavy atom. The second kappa shape index (κ2) is 8.22. The number of carbonyl (C=O) groups is 1. The van der Waals surface area contributed by atoms with Crippen molar-refractivity contribution in [1.82, 2.24) is 9.55 Å². The minimum Gasteiger partial charge on any atom is -0.465 e. The van der Waals surface area contributed by atoms with Crippen LogP contribution in [0, 0.1) is 0 Å². The predicted molar refractivity (Wildman–Crippen MR) is 91.7 cm³/mol. The van der Waals surface area contributed by atoms with Crippen molar-refractivity contribution in [3.05, 3.63) is 64.6 Å². The molecule has 138 valence electrons. The summed E-state index contributed by atoms with van der Waals surface area (Å²) in [6.07, 6.45) is -1.05. The molecule has 0 saturated heterocycles. The van der Waals surface area contributed by atoms with Crippen molar-refractivity contribution in [2.75, 3.05) is 12.9 Å². The van der Waals surface area contributed by atoms with Gasteiger partial charge in [0.1, 0.15) is 5.56 Å². The molecule has 1 aromatic heterocycles. The fourth-order valence-electron chi connectivity index (χ4n) is 2.05. The highest BCUT2D eigenvalue weighted by Crippen LogP contribution is 2.30. The predicted octanol–water partition coefficient (Wildman–Crippen LogP) is 3.71. The van der Waals surface area contributed by atoms with E-state index in [4.69, 9.17) is 0 Å². The number of alkyl halides is 3. The van der Waals surface area contributed by atoms with Gasteiger partial charge in [0.05, 0.1) is 24.6 Å². The summed E-state index contributed by atoms with van der Waals surface area (Å²) in [6.45, 7) is 3.60. The zero-order valence-electron chi connectivity index (χ0n) is 13.7. The van der Waals surface area contributed by atoms with Crippen LogP contribution in [-0.4, -0.2) is 28.4 Å². The largest absolute Gasteiger partial charge is 0.465 e. The molecule has 0 aliphatic heterocycles. The molecule has 0 spiro atoms. The number of esters is 1. The molecule has 0 atom stereocenters. The third-order valence-corrected chi connectivity index (χ3v) is 4.33. The summed E-state index contributed by atoms with van der Waals surface area (Å²) in [7, 11) is 1.12. The van der Waals surface area contributed by atoms with Gasteiger partial charge in [0.25, 0.3) is 5.56 Å². The van der Waals surface area contributed by atoms with E-state index in [0.717, 1.165) is 42.1 Å². The maximum Gasteiger partial charge on any atom is 0.416 e. The summed E-state index contributed by atoms with van der Waals surface area (Å²) in [5.41, 5.74) is -1.69. The van der Waals surface area contributed by atoms with Crippen LogP contribution < -0.4 is 5.56 Å². The van der Waals surface area contributed by atoms with Crippen LogP contribution in [0.3, 0.4) is 0 Å². The van der Waals surface area contributed by atoms with E-state index in [1.165, 1.54) is 11.8 Å². The standard InChI is InChI=1S/C17H15F3N2O3S/c1-3-4-9-26-16-21-10-13(15(24)25-2)14(23)22(16)12-7-5-11(6-8-12)17(18,19)20/h3,5-8,10H,1,4,9H2,2H3. The number of nitrogens with zero attached hydrogens (tertiary/aromatic N) is 2. The number of allylic oxidation sites excluding steroid dienone is 1. The fraction of sp³-hybridized carbons (Fsp3) is 0.235. The van der Waals surface area contributed by atoms with Gasteiger partial charge >= 0.3 is 12.1 Å². The van der Waals surface area contributed by atoms with Crippen molar-refractivity contribution >= 4 is 17.7 Å². The number of thioether (sulfide) groups is 1. The molecule has 0 amide bonds. The molecule has 5 nitrogen and oxygen atoms in total. The number of hydrogen-bond acceptors (Lipinski definition) is 5. The van der Waals surface area contributed by atoms with Crippen molar-refractivity contribution in [1.29, 1.82) is 0 Å². The van der Waals surface area contributed by atoms with Crippen molar-refractivity contribution in [2.45, 2.75) is 17.8 Å². The molecule has 9 heteroatoms. The molecule has 0 bridgehead atoms. The number of ether oxygens (including phenoxy) is 1. The zero-order valence-corrected chi connectivity index (χ0v) is 14.6. The molecule has 26 heavy (non-hydrogen) atoms. The van der Waals surface area contributed by atoms with Gasteiger partial charge in [0, 0.05) is 5.75 Å². The topological polar surface area (TPSA) is 61.2 Å². The number of benzene rings is 1. The Bertz CT molecular complexity index is 861. The van der Waals surface area contributed by atoms with Gasteiger partial charge in [0.2, 0.25) is 0 Å². The van der Waals surface area contributed by atoms with E-state index < -0.39 is 23.3 Å². The van der Waals surface area contributed by atoms with Crippen molar-refractivity contribution < 1.29 is 22.7 Å². The average molecular weight is 384 g/mol. The Balaban J connectivity index is 2.56. The molecule has 0 aliphatic carbocycles. The van der Waals surface area contributed by atoms with Gasteiger partial charge in [-0.3, -0.25) is 9.36 Å². The molecule has 1 aromatic carbocycles. The van der Waals surface area contributed by atoms with Crippen LogP contribution >= 0.6 is 11.8 Å². The number of aromatic nitrogens is 2. The zero-order chi connectivity index (χ0) is 19.3. The van der Waals surface area contributed by atoms with Gasteiger partial charge in [-0.05, 0) is 30.7 Å². The summed E-state index contributed by atoms with van der Waals surface area (Å²) in [4.78, 5) is 28.5. The Morgan fingerprint density at radius 2 is 2.00 bits per heavy atom. The van der Waals surface area contributed by atoms with E-state index >= 15 is 0 Å². The first-order valence-electron chi connectivity index (χ1n) is 7.41. The highest BCUT2D eigenvalue weighted by molar-refractivity contribution is 7.99. The normalized spacial score (nSPS) is 11.2. The maximum atomic E-state index is 12.7. The third-order valence-electron chi connectivity index (χ3n) is 3.34. The average Bonchev–Trinajstić information content (AvgIpc) is 2.61. The molecule has 0 radical (unpaired) electrons. The molecule has 0 fully saturated rings. The molecule has 0 aliphatic rings. The molecule has 0 N–H and O–H groups in total. The van der Waals surface area contributed by atoms with Crippen LogP contribution in [0.15, 0.2) is 53.1 Å². The first-order chi connectivity index (χ1) is 12.3. The number of carbonyl (C=O) groups excluding carboxylic acids is 1. The SMILES string of the molecule is C=CCCSc1ncc(C(=O)OC)c(=O)n1-c1ccc(C(F)(F)F)cc1. The number of rotatable bonds is 6. The summed E-state index contributed by atoms with van der Waals surface area (Å²) in [6, 6.07) is 4.05. The van der Waals surface area contributed by atoms with Crippen LogP contribution in [0.2, 0.25) is 0 Å². The van der Waals surface area contributed by atoms with E-state index in [2.05, 4.69) is 16.3 Å². The lowest BCUT2D eigenvalue weighted by atomic mass is 10.2. The van der Waals surface area contributed by atoms with Crippen LogP contribution in [0.1, 0.15) is 22.3 Å². The van der Waals surface area contributed by atoms with Crippen LogP contribution in [0.25, 0.3) is 5.69 Å². The molecule has 0 unspecified atom stereocenters. The van der Waals surface area contributed by atoms with Gasteiger partial charge in [0.15, 0.2) is 5.16 Å². The quantitative estimate of drug-likeness (QED) is 0.250. The van der Waals surface area contributed by atoms with Crippen LogP contribution in [0.5, 0.6) is 0 Å². The second-order valence-electron chi connectivity index (χ2n) is 5.06. The van der Waals surface area contributed by atoms with Crippen LogP contribution in [0.4, 0.5) is 13.2 Å². The lowest BCUT2D eigenvalue weighted by Crippen LogP contribution is -2.28. The minimum atomic E-state index is -4.49. The molecule has 2 rings (SSSR count). The van der Waals surface area contributed by atoms with Crippen molar-refractivity contribution in [2.24, 2.45) is 0 Å². The lowest BCUT2D eigenvalue weighted by Gasteiger charge is -2.13. The van der Waals surface area contributed by atoms with Crippen molar-refractivity contribution in [3.63, 3.8) is 0 Å². The summed E-state index contributed by atoms with van der Waals surface area (Å²) in [5.74, 6) is -0.306. The summed E-state index contributed by atoms with van der Waals surface area (Å²) < 4.78 is 43.9. The lowest BCUT2D eigenvalue weighted by molar-refractivity contribution is -0.137. The van der Waals surface area contributed by atoms with Gasteiger partial charge in [-0.1, -0.05) is 17.8 Å². The second-order valence-corrected chi connectivity index (χ2v) is 6.12. The Labute approximate surface area is 151 Å². The monoisotopic (exact) mass is 384 g/mol. The summed E-state index contributed by atoms with van der Waals surface area (Å²) in [5, 5.41) is 0.254. The van der Waals surface area contributed by atoms with E-state index in [1.807, 2.05) is 0 Å². The molecular formula is C17H15F3N2O3S. The smallest absolute Gasteiger partial charge is 0.416 e. The van der Waals surface area contributed by atoms with Crippen LogP contribution in [-0.2, 0) is 10.9 Å². The Morgan fingerprint density at radius 3 is 2.54 bits per heavy atom. The maximum absolute atomic E-state index is 12.7. The molecular weight excluding hydrogens is 369 g/mol. The molecule has 1 heterocycles. The Hall–Kier alpha value is -2.55. The fourth-order valence-corrected chi connectivity index (χ4v) is 2.96. The first-order valence-corrected chi connectivity index (χ1v) is 8.40. The minimum absolute atomic E-state index is 0.169. The van der Waals surface area contributed by atoms with Crippen molar-refractivity contribution in [3.8, 4) is 5.69 Å². The number of methoxy groups -OCH3 is 1. The van der Waals surface area contributed by atoms with E-state index in [1.54, 1.807) is 6.08 Å². The van der Waals surface area contributed by atoms with E-state index in [-0.39, 0.29) is 16.4 Å². The third kappa shape index (κ3) is 4.34. The highest BCUT2D eigenvalue weighted by atomic mass is 32.2. The van der Waals surface area contributed by atoms with Gasteiger partial charge in [-0.25, -0.2) is 9.78 Å². The summed E-state index contributed by atoms with van der Waals surface area (Å²) >= 11 is 1.22. The van der Waals surface area contributed by atoms with E-state index in [9.17, 15) is 22.8 Å². The number of hydrogen-bond donors (Lipinski definition) is 0.